The zero-order valence-electron chi connectivity index (χ0n) is 14.7. The van der Waals surface area contributed by atoms with Crippen LogP contribution in [0.2, 0.25) is 39.3 Å². The molecular weight excluding hydrogens is 292 g/mol. The monoisotopic (exact) mass is 322 g/mol. The third-order valence-electron chi connectivity index (χ3n) is 3.77. The Morgan fingerprint density at radius 3 is 2.19 bits per heavy atom. The van der Waals surface area contributed by atoms with E-state index in [9.17, 15) is 4.79 Å². The van der Waals surface area contributed by atoms with Crippen LogP contribution in [0.25, 0.3) is 0 Å². The highest BCUT2D eigenvalue weighted by Gasteiger charge is 2.26. The molecule has 0 atom stereocenters. The Kier molecular flexibility index (Phi) is 5.99. The SMILES string of the molecule is CCOC(=O)/C=C1\C=C([Si](C)(C)C)C=C([Si](C)(C)C)CC1. The second-order valence-corrected chi connectivity index (χ2v) is 18.0. The van der Waals surface area contributed by atoms with Crippen molar-refractivity contribution in [2.45, 2.75) is 59.0 Å². The third-order valence-corrected chi connectivity index (χ3v) is 8.11. The summed E-state index contributed by atoms with van der Waals surface area (Å²) in [6.07, 6.45) is 8.40. The lowest BCUT2D eigenvalue weighted by atomic mass is 10.1. The fraction of sp³-hybridized carbons (Fsp3) is 0.588. The second kappa shape index (κ2) is 6.92. The van der Waals surface area contributed by atoms with Gasteiger partial charge in [-0.3, -0.25) is 0 Å². The number of carbonyl (C=O) groups excluding carboxylic acids is 1. The van der Waals surface area contributed by atoms with E-state index < -0.39 is 16.1 Å². The molecule has 0 aromatic carbocycles. The minimum Gasteiger partial charge on any atom is -0.463 e. The Morgan fingerprint density at radius 2 is 1.71 bits per heavy atom. The van der Waals surface area contributed by atoms with Gasteiger partial charge in [0.25, 0.3) is 0 Å². The lowest BCUT2D eigenvalue weighted by molar-refractivity contribution is -0.137. The maximum absolute atomic E-state index is 11.7. The first kappa shape index (κ1) is 18.2. The van der Waals surface area contributed by atoms with E-state index in [1.165, 1.54) is 5.20 Å². The van der Waals surface area contributed by atoms with Crippen molar-refractivity contribution in [3.63, 3.8) is 0 Å². The molecule has 0 aromatic heterocycles. The summed E-state index contributed by atoms with van der Waals surface area (Å²) in [5.41, 5.74) is 1.12. The van der Waals surface area contributed by atoms with Gasteiger partial charge in [-0.1, -0.05) is 61.8 Å². The lowest BCUT2D eigenvalue weighted by Crippen LogP contribution is -2.27. The van der Waals surface area contributed by atoms with Gasteiger partial charge in [0, 0.05) is 6.08 Å². The minimum atomic E-state index is -1.41. The average molecular weight is 323 g/mol. The standard InChI is InChI=1S/C17H30O2Si2/c1-8-19-17(18)12-14-9-10-15(20(2,3)4)13-16(11-14)21(5,6)7/h11-13H,8-10H2,1-7H3/b14-12-. The molecule has 118 valence electrons. The second-order valence-electron chi connectivity index (χ2n) is 7.74. The van der Waals surface area contributed by atoms with E-state index in [-0.39, 0.29) is 5.97 Å². The quantitative estimate of drug-likeness (QED) is 0.419. The first-order valence-corrected chi connectivity index (χ1v) is 14.8. The number of carbonyl (C=O) groups is 1. The first-order chi connectivity index (χ1) is 9.54. The molecule has 0 unspecified atom stereocenters. The summed E-state index contributed by atoms with van der Waals surface area (Å²) in [6, 6.07) is 0. The summed E-state index contributed by atoms with van der Waals surface area (Å²) in [6.45, 7) is 16.6. The maximum atomic E-state index is 11.7. The van der Waals surface area contributed by atoms with Crippen molar-refractivity contribution in [2.75, 3.05) is 6.61 Å². The van der Waals surface area contributed by atoms with Crippen molar-refractivity contribution in [2.24, 2.45) is 0 Å². The zero-order chi connectivity index (χ0) is 16.3. The minimum absolute atomic E-state index is 0.213. The molecule has 1 aliphatic rings. The van der Waals surface area contributed by atoms with Crippen molar-refractivity contribution in [3.05, 3.63) is 34.2 Å². The summed E-state index contributed by atoms with van der Waals surface area (Å²) in [7, 11) is -2.70. The van der Waals surface area contributed by atoms with E-state index >= 15 is 0 Å². The van der Waals surface area contributed by atoms with E-state index in [2.05, 4.69) is 51.4 Å². The zero-order valence-corrected chi connectivity index (χ0v) is 16.7. The van der Waals surface area contributed by atoms with E-state index in [1.54, 1.807) is 11.3 Å². The van der Waals surface area contributed by atoms with Crippen LogP contribution < -0.4 is 0 Å². The van der Waals surface area contributed by atoms with Crippen molar-refractivity contribution >= 4 is 22.1 Å². The van der Waals surface area contributed by atoms with Gasteiger partial charge in [0.2, 0.25) is 0 Å². The van der Waals surface area contributed by atoms with Gasteiger partial charge in [0.1, 0.15) is 0 Å². The summed E-state index contributed by atoms with van der Waals surface area (Å²) in [5.74, 6) is -0.213. The van der Waals surface area contributed by atoms with Crippen molar-refractivity contribution in [3.8, 4) is 0 Å². The molecule has 0 fully saturated rings. The molecule has 0 saturated heterocycles. The van der Waals surface area contributed by atoms with Gasteiger partial charge < -0.3 is 4.74 Å². The highest BCUT2D eigenvalue weighted by atomic mass is 28.3. The number of esters is 1. The van der Waals surface area contributed by atoms with Crippen LogP contribution in [-0.4, -0.2) is 28.7 Å². The summed E-state index contributed by atoms with van der Waals surface area (Å²) < 4.78 is 5.06. The number of hydrogen-bond acceptors (Lipinski definition) is 2. The molecule has 0 saturated carbocycles. The molecule has 0 spiro atoms. The van der Waals surface area contributed by atoms with Crippen LogP contribution in [0.5, 0.6) is 0 Å². The molecule has 0 N–H and O–H groups in total. The van der Waals surface area contributed by atoms with Crippen molar-refractivity contribution in [1.82, 2.24) is 0 Å². The molecule has 0 aliphatic heterocycles. The third kappa shape index (κ3) is 5.79. The van der Waals surface area contributed by atoms with Gasteiger partial charge in [-0.2, -0.15) is 0 Å². The van der Waals surface area contributed by atoms with Gasteiger partial charge in [-0.15, -0.1) is 0 Å². The highest BCUT2D eigenvalue weighted by molar-refractivity contribution is 6.85. The Hall–Kier alpha value is -0.876. The fourth-order valence-corrected chi connectivity index (χ4v) is 5.16. The van der Waals surface area contributed by atoms with Gasteiger partial charge in [-0.05, 0) is 25.3 Å². The average Bonchev–Trinajstić information content (AvgIpc) is 2.50. The molecule has 21 heavy (non-hydrogen) atoms. The molecule has 2 nitrogen and oxygen atoms in total. The molecule has 4 heteroatoms. The molecule has 1 rings (SSSR count). The smallest absolute Gasteiger partial charge is 0.331 e. The van der Waals surface area contributed by atoms with Gasteiger partial charge in [-0.25, -0.2) is 4.79 Å². The summed E-state index contributed by atoms with van der Waals surface area (Å²) in [5, 5.41) is 3.07. The topological polar surface area (TPSA) is 26.3 Å². The fourth-order valence-electron chi connectivity index (χ4n) is 2.33. The van der Waals surface area contributed by atoms with Gasteiger partial charge in [0.05, 0.1) is 22.8 Å². The van der Waals surface area contributed by atoms with Crippen LogP contribution in [0.15, 0.2) is 34.2 Å². The highest BCUT2D eigenvalue weighted by Crippen LogP contribution is 2.31. The Balaban J connectivity index is 3.17. The largest absolute Gasteiger partial charge is 0.463 e. The molecule has 0 heterocycles. The lowest BCUT2D eigenvalue weighted by Gasteiger charge is -2.23. The normalized spacial score (nSPS) is 18.9. The van der Waals surface area contributed by atoms with Crippen LogP contribution in [0.3, 0.4) is 0 Å². The van der Waals surface area contributed by atoms with E-state index in [1.807, 2.05) is 6.92 Å². The predicted molar refractivity (Wildman–Crippen MR) is 96.8 cm³/mol. The van der Waals surface area contributed by atoms with Crippen LogP contribution in [0.4, 0.5) is 0 Å². The van der Waals surface area contributed by atoms with E-state index in [0.717, 1.165) is 18.4 Å². The number of allylic oxidation sites excluding steroid dienone is 5. The van der Waals surface area contributed by atoms with Crippen molar-refractivity contribution < 1.29 is 9.53 Å². The van der Waals surface area contributed by atoms with E-state index in [4.69, 9.17) is 4.74 Å². The number of ether oxygens (including phenoxy) is 1. The Bertz CT molecular complexity index is 486. The predicted octanol–water partition coefficient (Wildman–Crippen LogP) is 4.88. The summed E-state index contributed by atoms with van der Waals surface area (Å²) >= 11 is 0. The van der Waals surface area contributed by atoms with Gasteiger partial charge >= 0.3 is 5.97 Å². The molecule has 0 radical (unpaired) electrons. The van der Waals surface area contributed by atoms with Crippen LogP contribution in [0, 0.1) is 0 Å². The van der Waals surface area contributed by atoms with Crippen molar-refractivity contribution in [1.29, 1.82) is 0 Å². The van der Waals surface area contributed by atoms with E-state index in [0.29, 0.717) is 6.61 Å². The van der Waals surface area contributed by atoms with Crippen LogP contribution in [-0.2, 0) is 9.53 Å². The molecule has 0 bridgehead atoms. The Labute approximate surface area is 132 Å². The molecule has 0 aromatic rings. The van der Waals surface area contributed by atoms with Crippen LogP contribution >= 0.6 is 0 Å². The molecule has 1 aliphatic carbocycles. The summed E-state index contributed by atoms with van der Waals surface area (Å²) in [4.78, 5) is 11.7. The Morgan fingerprint density at radius 1 is 1.10 bits per heavy atom. The first-order valence-electron chi connectivity index (χ1n) is 7.84. The van der Waals surface area contributed by atoms with Crippen LogP contribution in [0.1, 0.15) is 19.8 Å². The van der Waals surface area contributed by atoms with Gasteiger partial charge in [0.15, 0.2) is 0 Å². The molecular formula is C17H30O2Si2. The maximum Gasteiger partial charge on any atom is 0.331 e. The molecule has 0 amide bonds. The number of rotatable bonds is 4. The number of hydrogen-bond donors (Lipinski definition) is 0.